The molecule has 2 unspecified atom stereocenters. The van der Waals surface area contributed by atoms with Crippen molar-refractivity contribution in [3.8, 4) is 0 Å². The molecular weight excluding hydrogens is 208 g/mol. The second-order valence-electron chi connectivity index (χ2n) is 4.12. The maximum Gasteiger partial charge on any atom is 0.232 e. The molecule has 1 aliphatic rings. The fraction of sp³-hybridized carbons (Fsp3) is 0.909. The van der Waals surface area contributed by atoms with E-state index in [-0.39, 0.29) is 0 Å². The summed E-state index contributed by atoms with van der Waals surface area (Å²) in [6.07, 6.45) is 1.14. The third kappa shape index (κ3) is 3.68. The summed E-state index contributed by atoms with van der Waals surface area (Å²) in [5.41, 5.74) is 0. The number of carbonyl (C=O) groups excluding carboxylic acids is 1. The van der Waals surface area contributed by atoms with E-state index in [1.165, 1.54) is 0 Å². The van der Waals surface area contributed by atoms with Crippen LogP contribution in [0.1, 0.15) is 27.2 Å². The molecule has 1 saturated heterocycles. The van der Waals surface area contributed by atoms with Gasteiger partial charge in [-0.15, -0.1) is 0 Å². The highest BCUT2D eigenvalue weighted by Gasteiger charge is 2.27. The average Bonchev–Trinajstić information content (AvgIpc) is 2.22. The van der Waals surface area contributed by atoms with E-state index >= 15 is 0 Å². The SMILES string of the molecule is CCCSCC(=O)N1CCNC(C)C1C. The lowest BCUT2D eigenvalue weighted by molar-refractivity contribution is -0.131. The Morgan fingerprint density at radius 2 is 2.27 bits per heavy atom. The maximum atomic E-state index is 11.9. The lowest BCUT2D eigenvalue weighted by Gasteiger charge is -2.38. The van der Waals surface area contributed by atoms with Crippen LogP contribution in [-0.4, -0.2) is 47.5 Å². The minimum atomic E-state index is 0.300. The number of hydrogen-bond acceptors (Lipinski definition) is 3. The van der Waals surface area contributed by atoms with Gasteiger partial charge in [0.2, 0.25) is 5.91 Å². The number of amides is 1. The Morgan fingerprint density at radius 3 is 2.93 bits per heavy atom. The fourth-order valence-corrected chi connectivity index (χ4v) is 2.57. The van der Waals surface area contributed by atoms with Crippen LogP contribution >= 0.6 is 11.8 Å². The summed E-state index contributed by atoms with van der Waals surface area (Å²) in [7, 11) is 0. The minimum Gasteiger partial charge on any atom is -0.336 e. The first-order valence-electron chi connectivity index (χ1n) is 5.77. The Labute approximate surface area is 97.0 Å². The lowest BCUT2D eigenvalue weighted by atomic mass is 10.1. The number of rotatable bonds is 4. The Morgan fingerprint density at radius 1 is 1.53 bits per heavy atom. The van der Waals surface area contributed by atoms with Gasteiger partial charge in [-0.3, -0.25) is 4.79 Å². The number of carbonyl (C=O) groups is 1. The second kappa shape index (κ2) is 6.38. The Bertz CT molecular complexity index is 211. The summed E-state index contributed by atoms with van der Waals surface area (Å²) in [6.45, 7) is 8.20. The lowest BCUT2D eigenvalue weighted by Crippen LogP contribution is -2.57. The molecule has 0 saturated carbocycles. The summed E-state index contributed by atoms with van der Waals surface area (Å²) in [5.74, 6) is 2.03. The highest BCUT2D eigenvalue weighted by Crippen LogP contribution is 2.12. The van der Waals surface area contributed by atoms with Crippen LogP contribution in [0.4, 0.5) is 0 Å². The van der Waals surface area contributed by atoms with E-state index < -0.39 is 0 Å². The highest BCUT2D eigenvalue weighted by molar-refractivity contribution is 7.99. The van der Waals surface area contributed by atoms with Gasteiger partial charge in [-0.25, -0.2) is 0 Å². The molecule has 0 aromatic heterocycles. The van der Waals surface area contributed by atoms with E-state index in [1.54, 1.807) is 11.8 Å². The molecule has 0 spiro atoms. The third-order valence-corrected chi connectivity index (χ3v) is 4.08. The molecular formula is C11H22N2OS. The molecule has 1 heterocycles. The molecule has 0 aromatic rings. The van der Waals surface area contributed by atoms with Crippen molar-refractivity contribution in [2.45, 2.75) is 39.3 Å². The van der Waals surface area contributed by atoms with Gasteiger partial charge in [-0.05, 0) is 26.0 Å². The molecule has 0 bridgehead atoms. The van der Waals surface area contributed by atoms with Crippen LogP contribution in [0.15, 0.2) is 0 Å². The largest absolute Gasteiger partial charge is 0.336 e. The van der Waals surface area contributed by atoms with E-state index in [1.807, 2.05) is 4.90 Å². The van der Waals surface area contributed by atoms with Gasteiger partial charge < -0.3 is 10.2 Å². The molecule has 4 heteroatoms. The van der Waals surface area contributed by atoms with Gasteiger partial charge in [0.15, 0.2) is 0 Å². The molecule has 3 nitrogen and oxygen atoms in total. The van der Waals surface area contributed by atoms with Gasteiger partial charge in [0, 0.05) is 25.2 Å². The first kappa shape index (κ1) is 12.8. The van der Waals surface area contributed by atoms with Gasteiger partial charge >= 0.3 is 0 Å². The van der Waals surface area contributed by atoms with E-state index in [2.05, 4.69) is 26.1 Å². The predicted molar refractivity (Wildman–Crippen MR) is 66.3 cm³/mol. The summed E-state index contributed by atoms with van der Waals surface area (Å²) < 4.78 is 0. The van der Waals surface area contributed by atoms with Crippen LogP contribution in [-0.2, 0) is 4.79 Å². The Kier molecular flexibility index (Phi) is 5.47. The van der Waals surface area contributed by atoms with Gasteiger partial charge in [-0.2, -0.15) is 11.8 Å². The van der Waals surface area contributed by atoms with Crippen LogP contribution in [0, 0.1) is 0 Å². The fourth-order valence-electron chi connectivity index (χ4n) is 1.80. The van der Waals surface area contributed by atoms with Crippen molar-refractivity contribution in [1.82, 2.24) is 10.2 Å². The number of piperazine rings is 1. The van der Waals surface area contributed by atoms with Crippen molar-refractivity contribution in [3.05, 3.63) is 0 Å². The third-order valence-electron chi connectivity index (χ3n) is 2.93. The molecule has 2 atom stereocenters. The van der Waals surface area contributed by atoms with Crippen LogP contribution < -0.4 is 5.32 Å². The monoisotopic (exact) mass is 230 g/mol. The zero-order valence-electron chi connectivity index (χ0n) is 9.95. The standard InChI is InChI=1S/C11H22N2OS/c1-4-7-15-8-11(14)13-6-5-12-9(2)10(13)3/h9-10,12H,4-8H2,1-3H3. The van der Waals surface area contributed by atoms with Crippen LogP contribution in [0.2, 0.25) is 0 Å². The topological polar surface area (TPSA) is 32.3 Å². The van der Waals surface area contributed by atoms with Crippen molar-refractivity contribution in [2.75, 3.05) is 24.6 Å². The summed E-state index contributed by atoms with van der Waals surface area (Å²) in [5, 5.41) is 3.38. The molecule has 1 amide bonds. The normalized spacial score (nSPS) is 26.7. The first-order chi connectivity index (χ1) is 7.16. The van der Waals surface area contributed by atoms with Crippen molar-refractivity contribution in [3.63, 3.8) is 0 Å². The minimum absolute atomic E-state index is 0.300. The zero-order valence-corrected chi connectivity index (χ0v) is 10.8. The Hall–Kier alpha value is -0.220. The van der Waals surface area contributed by atoms with Gasteiger partial charge in [0.1, 0.15) is 0 Å². The molecule has 0 aromatic carbocycles. The van der Waals surface area contributed by atoms with Crippen LogP contribution in [0.3, 0.4) is 0 Å². The first-order valence-corrected chi connectivity index (χ1v) is 6.93. The number of nitrogens with zero attached hydrogens (tertiary/aromatic N) is 1. The van der Waals surface area contributed by atoms with Crippen molar-refractivity contribution < 1.29 is 4.79 Å². The quantitative estimate of drug-likeness (QED) is 0.740. The summed E-state index contributed by atoms with van der Waals surface area (Å²) in [4.78, 5) is 13.9. The molecule has 88 valence electrons. The Balaban J connectivity index is 2.37. The molecule has 1 aliphatic heterocycles. The van der Waals surface area contributed by atoms with E-state index in [0.717, 1.165) is 25.3 Å². The molecule has 1 rings (SSSR count). The average molecular weight is 230 g/mol. The molecule has 15 heavy (non-hydrogen) atoms. The maximum absolute atomic E-state index is 11.9. The number of thioether (sulfide) groups is 1. The van der Waals surface area contributed by atoms with Crippen LogP contribution in [0.5, 0.6) is 0 Å². The van der Waals surface area contributed by atoms with E-state index in [4.69, 9.17) is 0 Å². The molecule has 1 fully saturated rings. The second-order valence-corrected chi connectivity index (χ2v) is 5.23. The van der Waals surface area contributed by atoms with Crippen molar-refractivity contribution >= 4 is 17.7 Å². The van der Waals surface area contributed by atoms with Crippen molar-refractivity contribution in [2.24, 2.45) is 0 Å². The van der Waals surface area contributed by atoms with Gasteiger partial charge in [0.05, 0.1) is 5.75 Å². The molecule has 0 radical (unpaired) electrons. The van der Waals surface area contributed by atoms with Gasteiger partial charge in [-0.1, -0.05) is 6.92 Å². The number of hydrogen-bond donors (Lipinski definition) is 1. The predicted octanol–water partition coefficient (Wildman–Crippen LogP) is 1.34. The van der Waals surface area contributed by atoms with Gasteiger partial charge in [0.25, 0.3) is 0 Å². The van der Waals surface area contributed by atoms with Crippen LogP contribution in [0.25, 0.3) is 0 Å². The van der Waals surface area contributed by atoms with E-state index in [9.17, 15) is 4.79 Å². The molecule has 0 aliphatic carbocycles. The summed E-state index contributed by atoms with van der Waals surface area (Å²) in [6, 6.07) is 0.743. The van der Waals surface area contributed by atoms with Crippen molar-refractivity contribution in [1.29, 1.82) is 0 Å². The molecule has 1 N–H and O–H groups in total. The smallest absolute Gasteiger partial charge is 0.232 e. The summed E-state index contributed by atoms with van der Waals surface area (Å²) >= 11 is 1.75. The van der Waals surface area contributed by atoms with E-state index in [0.29, 0.717) is 23.7 Å². The number of nitrogens with one attached hydrogen (secondary N) is 1. The zero-order chi connectivity index (χ0) is 11.3. The highest BCUT2D eigenvalue weighted by atomic mass is 32.2.